The number of hydrogen-bond donors (Lipinski definition) is 2. The van der Waals surface area contributed by atoms with Gasteiger partial charge < -0.3 is 10.6 Å². The monoisotopic (exact) mass is 256 g/mol. The van der Waals surface area contributed by atoms with Gasteiger partial charge in [0, 0.05) is 16.6 Å². The van der Waals surface area contributed by atoms with Crippen molar-refractivity contribution in [2.24, 2.45) is 5.41 Å². The second-order valence-corrected chi connectivity index (χ2v) is 8.94. The average Bonchev–Trinajstić information content (AvgIpc) is 1.93. The SMILES string of the molecule is CNC(C)(C)CC(C)(C)NC(C)(C)CC(C)(C)C. The number of hydrogen-bond acceptors (Lipinski definition) is 2. The molecule has 0 bridgehead atoms. The predicted molar refractivity (Wildman–Crippen MR) is 83.1 cm³/mol. The summed E-state index contributed by atoms with van der Waals surface area (Å²) in [6, 6.07) is 0. The maximum atomic E-state index is 3.84. The van der Waals surface area contributed by atoms with Crippen LogP contribution in [0.2, 0.25) is 0 Å². The first-order valence-corrected chi connectivity index (χ1v) is 7.16. The lowest BCUT2D eigenvalue weighted by molar-refractivity contribution is 0.163. The standard InChI is InChI=1S/C16H36N2/c1-13(2,3)11-15(6,7)18-16(8,9)12-14(4,5)17-10/h17-18H,11-12H2,1-10H3. The predicted octanol–water partition coefficient (Wildman–Crippen LogP) is 3.96. The molecule has 2 N–H and O–H groups in total. The first-order chi connectivity index (χ1) is 7.68. The van der Waals surface area contributed by atoms with Crippen molar-refractivity contribution >= 4 is 0 Å². The summed E-state index contributed by atoms with van der Waals surface area (Å²) in [7, 11) is 2.04. The van der Waals surface area contributed by atoms with Crippen molar-refractivity contribution in [1.29, 1.82) is 0 Å². The molecule has 0 unspecified atom stereocenters. The smallest absolute Gasteiger partial charge is 0.0147 e. The van der Waals surface area contributed by atoms with Crippen LogP contribution in [0.1, 0.15) is 75.2 Å². The highest BCUT2D eigenvalue weighted by atomic mass is 15.1. The van der Waals surface area contributed by atoms with Crippen LogP contribution in [-0.4, -0.2) is 23.7 Å². The second-order valence-electron chi connectivity index (χ2n) is 8.94. The van der Waals surface area contributed by atoms with Gasteiger partial charge in [0.05, 0.1) is 0 Å². The lowest BCUT2D eigenvalue weighted by Gasteiger charge is -2.43. The van der Waals surface area contributed by atoms with Gasteiger partial charge in [0.1, 0.15) is 0 Å². The Labute approximate surface area is 115 Å². The zero-order valence-corrected chi connectivity index (χ0v) is 14.4. The summed E-state index contributed by atoms with van der Waals surface area (Å²) in [5, 5.41) is 7.23. The normalized spacial score (nSPS) is 15.0. The van der Waals surface area contributed by atoms with Crippen LogP contribution in [0.4, 0.5) is 0 Å². The Morgan fingerprint density at radius 2 is 1.00 bits per heavy atom. The fraction of sp³-hybridized carbons (Fsp3) is 1.00. The van der Waals surface area contributed by atoms with Crippen molar-refractivity contribution in [1.82, 2.24) is 10.6 Å². The Hall–Kier alpha value is -0.0800. The van der Waals surface area contributed by atoms with E-state index in [1.807, 2.05) is 7.05 Å². The van der Waals surface area contributed by atoms with Gasteiger partial charge in [-0.25, -0.2) is 0 Å². The first-order valence-electron chi connectivity index (χ1n) is 7.16. The van der Waals surface area contributed by atoms with Crippen molar-refractivity contribution in [3.05, 3.63) is 0 Å². The van der Waals surface area contributed by atoms with Gasteiger partial charge in [-0.1, -0.05) is 20.8 Å². The topological polar surface area (TPSA) is 24.1 Å². The second kappa shape index (κ2) is 5.50. The van der Waals surface area contributed by atoms with Crippen LogP contribution in [0, 0.1) is 5.41 Å². The van der Waals surface area contributed by atoms with E-state index in [-0.39, 0.29) is 16.6 Å². The van der Waals surface area contributed by atoms with Crippen LogP contribution in [0.15, 0.2) is 0 Å². The molecule has 0 saturated carbocycles. The van der Waals surface area contributed by atoms with E-state index < -0.39 is 0 Å². The van der Waals surface area contributed by atoms with Crippen LogP contribution in [0.5, 0.6) is 0 Å². The molecule has 0 amide bonds. The Morgan fingerprint density at radius 1 is 0.611 bits per heavy atom. The van der Waals surface area contributed by atoms with E-state index in [4.69, 9.17) is 0 Å². The molecule has 0 aliphatic heterocycles. The quantitative estimate of drug-likeness (QED) is 0.752. The minimum atomic E-state index is 0.126. The minimum Gasteiger partial charge on any atom is -0.315 e. The molecule has 0 aromatic rings. The first kappa shape index (κ1) is 17.9. The van der Waals surface area contributed by atoms with Crippen LogP contribution in [0.25, 0.3) is 0 Å². The van der Waals surface area contributed by atoms with E-state index in [1.54, 1.807) is 0 Å². The molecule has 0 heterocycles. The Bertz CT molecular complexity index is 257. The summed E-state index contributed by atoms with van der Waals surface area (Å²) in [4.78, 5) is 0. The number of nitrogens with one attached hydrogen (secondary N) is 2. The van der Waals surface area contributed by atoms with Crippen molar-refractivity contribution in [2.45, 2.75) is 91.8 Å². The highest BCUT2D eigenvalue weighted by molar-refractivity contribution is 4.95. The highest BCUT2D eigenvalue weighted by Gasteiger charge is 2.34. The van der Waals surface area contributed by atoms with Crippen molar-refractivity contribution in [3.8, 4) is 0 Å². The summed E-state index contributed by atoms with van der Waals surface area (Å²) in [6.45, 7) is 20.7. The van der Waals surface area contributed by atoms with Crippen LogP contribution in [0.3, 0.4) is 0 Å². The molecule has 0 aliphatic carbocycles. The summed E-state index contributed by atoms with van der Waals surface area (Å²) >= 11 is 0. The van der Waals surface area contributed by atoms with Gasteiger partial charge in [-0.2, -0.15) is 0 Å². The summed E-state index contributed by atoms with van der Waals surface area (Å²) in [5.74, 6) is 0. The maximum absolute atomic E-state index is 3.84. The molecule has 0 atom stereocenters. The number of rotatable bonds is 6. The van der Waals surface area contributed by atoms with Gasteiger partial charge in [-0.3, -0.25) is 0 Å². The fourth-order valence-electron chi connectivity index (χ4n) is 3.52. The van der Waals surface area contributed by atoms with Gasteiger partial charge in [0.25, 0.3) is 0 Å². The fourth-order valence-corrected chi connectivity index (χ4v) is 3.52. The molecular weight excluding hydrogens is 220 g/mol. The molecule has 110 valence electrons. The third-order valence-electron chi connectivity index (χ3n) is 3.21. The molecule has 2 heteroatoms. The van der Waals surface area contributed by atoms with Gasteiger partial charge in [0.15, 0.2) is 0 Å². The molecule has 0 aliphatic rings. The minimum absolute atomic E-state index is 0.126. The summed E-state index contributed by atoms with van der Waals surface area (Å²) < 4.78 is 0. The molecule has 0 aromatic carbocycles. The van der Waals surface area contributed by atoms with Crippen LogP contribution >= 0.6 is 0 Å². The van der Waals surface area contributed by atoms with Crippen molar-refractivity contribution < 1.29 is 0 Å². The summed E-state index contributed by atoms with van der Waals surface area (Å²) in [6.07, 6.45) is 2.27. The van der Waals surface area contributed by atoms with Gasteiger partial charge >= 0.3 is 0 Å². The van der Waals surface area contributed by atoms with Gasteiger partial charge in [0.2, 0.25) is 0 Å². The molecule has 0 spiro atoms. The highest BCUT2D eigenvalue weighted by Crippen LogP contribution is 2.30. The average molecular weight is 256 g/mol. The maximum Gasteiger partial charge on any atom is 0.0147 e. The Kier molecular flexibility index (Phi) is 5.48. The third-order valence-corrected chi connectivity index (χ3v) is 3.21. The zero-order valence-electron chi connectivity index (χ0n) is 14.4. The largest absolute Gasteiger partial charge is 0.315 e. The van der Waals surface area contributed by atoms with E-state index in [1.165, 1.54) is 6.42 Å². The Morgan fingerprint density at radius 3 is 1.33 bits per heavy atom. The zero-order chi connectivity index (χ0) is 14.8. The molecular formula is C16H36N2. The van der Waals surface area contributed by atoms with Gasteiger partial charge in [-0.15, -0.1) is 0 Å². The molecule has 0 aromatic heterocycles. The van der Waals surface area contributed by atoms with Crippen LogP contribution in [-0.2, 0) is 0 Å². The molecule has 0 rings (SSSR count). The molecule has 0 fully saturated rings. The van der Waals surface area contributed by atoms with E-state index in [2.05, 4.69) is 72.9 Å². The molecule has 2 nitrogen and oxygen atoms in total. The third kappa shape index (κ3) is 8.10. The van der Waals surface area contributed by atoms with Crippen molar-refractivity contribution in [3.63, 3.8) is 0 Å². The summed E-state index contributed by atoms with van der Waals surface area (Å²) in [5.41, 5.74) is 0.798. The van der Waals surface area contributed by atoms with Crippen LogP contribution < -0.4 is 10.6 Å². The lowest BCUT2D eigenvalue weighted by Crippen LogP contribution is -2.57. The molecule has 18 heavy (non-hydrogen) atoms. The van der Waals surface area contributed by atoms with E-state index >= 15 is 0 Å². The van der Waals surface area contributed by atoms with E-state index in [0.717, 1.165) is 6.42 Å². The van der Waals surface area contributed by atoms with Gasteiger partial charge in [-0.05, 0) is 66.8 Å². The molecule has 0 radical (unpaired) electrons. The van der Waals surface area contributed by atoms with E-state index in [9.17, 15) is 0 Å². The lowest BCUT2D eigenvalue weighted by atomic mass is 9.79. The Balaban J connectivity index is 4.66. The molecule has 0 saturated heterocycles. The van der Waals surface area contributed by atoms with Crippen molar-refractivity contribution in [2.75, 3.05) is 7.05 Å². The van der Waals surface area contributed by atoms with E-state index in [0.29, 0.717) is 5.41 Å².